The number of hydrogen-bond donors (Lipinski definition) is 0. The Labute approximate surface area is 143 Å². The highest BCUT2D eigenvalue weighted by atomic mass is 32.1. The molecule has 1 aliphatic heterocycles. The van der Waals surface area contributed by atoms with E-state index in [2.05, 4.69) is 0 Å². The van der Waals surface area contributed by atoms with E-state index in [1.54, 1.807) is 24.1 Å². The SMILES string of the molecule is CCOC(=O)[C@@H]1CCCN(C(=O)Cn2ccc3sccc3c2=O)C1. The van der Waals surface area contributed by atoms with Gasteiger partial charge in [0, 0.05) is 24.0 Å². The van der Waals surface area contributed by atoms with E-state index in [9.17, 15) is 14.4 Å². The molecule has 0 aliphatic carbocycles. The zero-order valence-electron chi connectivity index (χ0n) is 13.6. The van der Waals surface area contributed by atoms with E-state index in [0.717, 1.165) is 17.5 Å². The minimum Gasteiger partial charge on any atom is -0.466 e. The maximum atomic E-state index is 12.5. The number of amides is 1. The molecule has 0 aromatic carbocycles. The third-order valence-electron chi connectivity index (χ3n) is 4.29. The molecule has 2 aromatic heterocycles. The standard InChI is InChI=1S/C17H20N2O4S/c1-2-23-17(22)12-4-3-7-18(10-12)15(20)11-19-8-5-14-13(16(19)21)6-9-24-14/h5-6,8-9,12H,2-4,7,10-11H2,1H3/t12-/m1/s1. The summed E-state index contributed by atoms with van der Waals surface area (Å²) in [7, 11) is 0. The van der Waals surface area contributed by atoms with Crippen molar-refractivity contribution in [1.82, 2.24) is 9.47 Å². The van der Waals surface area contributed by atoms with Crippen molar-refractivity contribution in [1.29, 1.82) is 0 Å². The Morgan fingerprint density at radius 3 is 3.00 bits per heavy atom. The van der Waals surface area contributed by atoms with Gasteiger partial charge in [0.1, 0.15) is 6.54 Å². The monoisotopic (exact) mass is 348 g/mol. The number of esters is 1. The third kappa shape index (κ3) is 3.36. The first-order valence-electron chi connectivity index (χ1n) is 8.11. The fourth-order valence-corrected chi connectivity index (χ4v) is 3.81. The lowest BCUT2D eigenvalue weighted by Crippen LogP contribution is -2.44. The smallest absolute Gasteiger partial charge is 0.310 e. The average molecular weight is 348 g/mol. The van der Waals surface area contributed by atoms with Crippen molar-refractivity contribution in [2.75, 3.05) is 19.7 Å². The first-order valence-corrected chi connectivity index (χ1v) is 8.99. The van der Waals surface area contributed by atoms with E-state index in [1.165, 1.54) is 15.9 Å². The predicted octanol–water partition coefficient (Wildman–Crippen LogP) is 1.86. The largest absolute Gasteiger partial charge is 0.466 e. The Morgan fingerprint density at radius 2 is 2.21 bits per heavy atom. The zero-order chi connectivity index (χ0) is 17.1. The van der Waals surface area contributed by atoms with Gasteiger partial charge in [0.05, 0.1) is 17.9 Å². The van der Waals surface area contributed by atoms with Gasteiger partial charge in [-0.15, -0.1) is 11.3 Å². The van der Waals surface area contributed by atoms with Gasteiger partial charge >= 0.3 is 5.97 Å². The van der Waals surface area contributed by atoms with Crippen LogP contribution in [0.1, 0.15) is 19.8 Å². The number of fused-ring (bicyclic) bond motifs is 1. The van der Waals surface area contributed by atoms with E-state index in [0.29, 0.717) is 25.1 Å². The number of hydrogen-bond acceptors (Lipinski definition) is 5. The Hall–Kier alpha value is -2.15. The molecule has 1 amide bonds. The molecule has 0 saturated carbocycles. The molecule has 24 heavy (non-hydrogen) atoms. The quantitative estimate of drug-likeness (QED) is 0.791. The van der Waals surface area contributed by atoms with Crippen LogP contribution < -0.4 is 5.56 Å². The van der Waals surface area contributed by atoms with Gasteiger partial charge in [-0.25, -0.2) is 0 Å². The van der Waals surface area contributed by atoms with Crippen LogP contribution in [-0.4, -0.2) is 41.0 Å². The number of likely N-dealkylation sites (tertiary alicyclic amines) is 1. The molecule has 0 N–H and O–H groups in total. The molecule has 2 aromatic rings. The van der Waals surface area contributed by atoms with Crippen LogP contribution in [0.15, 0.2) is 28.5 Å². The molecule has 1 saturated heterocycles. The lowest BCUT2D eigenvalue weighted by molar-refractivity contribution is -0.151. The predicted molar refractivity (Wildman–Crippen MR) is 92.0 cm³/mol. The number of ether oxygens (including phenoxy) is 1. The van der Waals surface area contributed by atoms with Crippen molar-refractivity contribution in [2.45, 2.75) is 26.3 Å². The maximum absolute atomic E-state index is 12.5. The zero-order valence-corrected chi connectivity index (χ0v) is 14.4. The van der Waals surface area contributed by atoms with Crippen LogP contribution in [-0.2, 0) is 20.9 Å². The number of carbonyl (C=O) groups excluding carboxylic acids is 2. The van der Waals surface area contributed by atoms with Crippen LogP contribution in [0.25, 0.3) is 10.1 Å². The highest BCUT2D eigenvalue weighted by Crippen LogP contribution is 2.19. The number of pyridine rings is 1. The summed E-state index contributed by atoms with van der Waals surface area (Å²) in [4.78, 5) is 38.5. The number of nitrogens with zero attached hydrogens (tertiary/aromatic N) is 2. The Bertz CT molecular complexity index is 810. The number of rotatable bonds is 4. The minimum atomic E-state index is -0.265. The second-order valence-electron chi connectivity index (χ2n) is 5.88. The molecule has 0 spiro atoms. The van der Waals surface area contributed by atoms with E-state index in [1.807, 2.05) is 11.4 Å². The number of piperidine rings is 1. The van der Waals surface area contributed by atoms with E-state index in [-0.39, 0.29) is 29.9 Å². The van der Waals surface area contributed by atoms with Gasteiger partial charge < -0.3 is 14.2 Å². The molecule has 0 radical (unpaired) electrons. The molecular formula is C17H20N2O4S. The van der Waals surface area contributed by atoms with Crippen LogP contribution >= 0.6 is 11.3 Å². The lowest BCUT2D eigenvalue weighted by Gasteiger charge is -2.31. The molecular weight excluding hydrogens is 328 g/mol. The summed E-state index contributed by atoms with van der Waals surface area (Å²) in [5, 5.41) is 2.51. The number of thiophene rings is 1. The molecule has 0 unspecified atom stereocenters. The summed E-state index contributed by atoms with van der Waals surface area (Å²) >= 11 is 1.51. The second-order valence-corrected chi connectivity index (χ2v) is 6.83. The van der Waals surface area contributed by atoms with Gasteiger partial charge in [0.15, 0.2) is 0 Å². The molecule has 7 heteroatoms. The summed E-state index contributed by atoms with van der Waals surface area (Å²) in [5.74, 6) is -0.647. The Kier molecular flexibility index (Phi) is 4.99. The molecule has 3 heterocycles. The first kappa shape index (κ1) is 16.7. The normalized spacial score (nSPS) is 17.9. The van der Waals surface area contributed by atoms with Crippen LogP contribution in [0.5, 0.6) is 0 Å². The van der Waals surface area contributed by atoms with Gasteiger partial charge in [0.25, 0.3) is 5.56 Å². The fraction of sp³-hybridized carbons (Fsp3) is 0.471. The van der Waals surface area contributed by atoms with Gasteiger partial charge in [-0.05, 0) is 37.3 Å². The molecule has 0 bridgehead atoms. The summed E-state index contributed by atoms with van der Waals surface area (Å²) in [6, 6.07) is 3.63. The number of aromatic nitrogens is 1. The highest BCUT2D eigenvalue weighted by Gasteiger charge is 2.29. The first-order chi connectivity index (χ1) is 11.6. The molecule has 6 nitrogen and oxygen atoms in total. The van der Waals surface area contributed by atoms with Gasteiger partial charge in [-0.3, -0.25) is 14.4 Å². The summed E-state index contributed by atoms with van der Waals surface area (Å²) < 4.78 is 7.41. The van der Waals surface area contributed by atoms with Crippen LogP contribution in [0.3, 0.4) is 0 Å². The Morgan fingerprint density at radius 1 is 1.38 bits per heavy atom. The summed E-state index contributed by atoms with van der Waals surface area (Å²) in [6.45, 7) is 3.10. The van der Waals surface area contributed by atoms with E-state index < -0.39 is 0 Å². The molecule has 1 atom stereocenters. The van der Waals surface area contributed by atoms with E-state index in [4.69, 9.17) is 4.74 Å². The highest BCUT2D eigenvalue weighted by molar-refractivity contribution is 7.17. The average Bonchev–Trinajstić information content (AvgIpc) is 3.07. The fourth-order valence-electron chi connectivity index (χ4n) is 3.03. The second kappa shape index (κ2) is 7.17. The summed E-state index contributed by atoms with van der Waals surface area (Å²) in [6.07, 6.45) is 3.17. The lowest BCUT2D eigenvalue weighted by atomic mass is 9.98. The van der Waals surface area contributed by atoms with Crippen molar-refractivity contribution in [2.24, 2.45) is 5.92 Å². The van der Waals surface area contributed by atoms with Crippen molar-refractivity contribution in [3.05, 3.63) is 34.1 Å². The maximum Gasteiger partial charge on any atom is 0.310 e. The van der Waals surface area contributed by atoms with Crippen molar-refractivity contribution >= 4 is 33.3 Å². The van der Waals surface area contributed by atoms with Crippen molar-refractivity contribution in [3.63, 3.8) is 0 Å². The van der Waals surface area contributed by atoms with Crippen molar-refractivity contribution in [3.8, 4) is 0 Å². The molecule has 1 fully saturated rings. The summed E-state index contributed by atoms with van der Waals surface area (Å²) in [5.41, 5.74) is -0.152. The molecule has 3 rings (SSSR count). The van der Waals surface area contributed by atoms with Crippen LogP contribution in [0.2, 0.25) is 0 Å². The van der Waals surface area contributed by atoms with Gasteiger partial charge in [0.2, 0.25) is 5.91 Å². The molecule has 1 aliphatic rings. The van der Waals surface area contributed by atoms with Crippen LogP contribution in [0.4, 0.5) is 0 Å². The minimum absolute atomic E-state index is 0.000164. The van der Waals surface area contributed by atoms with Gasteiger partial charge in [-0.2, -0.15) is 0 Å². The topological polar surface area (TPSA) is 68.6 Å². The van der Waals surface area contributed by atoms with Crippen LogP contribution in [0, 0.1) is 5.92 Å². The number of carbonyl (C=O) groups is 2. The van der Waals surface area contributed by atoms with Gasteiger partial charge in [-0.1, -0.05) is 0 Å². The molecule has 128 valence electrons. The van der Waals surface area contributed by atoms with Crippen molar-refractivity contribution < 1.29 is 14.3 Å². The Balaban J connectivity index is 1.70. The third-order valence-corrected chi connectivity index (χ3v) is 5.17. The van der Waals surface area contributed by atoms with E-state index >= 15 is 0 Å².